The zero-order chi connectivity index (χ0) is 17.6. The highest BCUT2D eigenvalue weighted by atomic mass is 35.5. The van der Waals surface area contributed by atoms with Crippen LogP contribution in [0.1, 0.15) is 24.8 Å². The number of nitrogens with one attached hydrogen (secondary N) is 1. The summed E-state index contributed by atoms with van der Waals surface area (Å²) in [4.78, 5) is 14.5. The summed E-state index contributed by atoms with van der Waals surface area (Å²) < 4.78 is 13.4. The molecule has 1 saturated heterocycles. The third-order valence-electron chi connectivity index (χ3n) is 4.62. The maximum Gasteiger partial charge on any atom is 0.220 e. The minimum absolute atomic E-state index is 0.00438. The molecule has 0 saturated carbocycles. The lowest BCUT2D eigenvalue weighted by molar-refractivity contribution is -0.121. The predicted molar refractivity (Wildman–Crippen MR) is 99.6 cm³/mol. The summed E-state index contributed by atoms with van der Waals surface area (Å²) in [7, 11) is 0. The SMILES string of the molecule is O=C(CCc1ccc(Cl)c(F)c1)NC[C@@H]1CCCN1c1ccccc1. The van der Waals surface area contributed by atoms with Gasteiger partial charge in [-0.1, -0.05) is 35.9 Å². The van der Waals surface area contributed by atoms with Crippen LogP contribution >= 0.6 is 11.6 Å². The van der Waals surface area contributed by atoms with Crippen molar-refractivity contribution in [2.24, 2.45) is 0 Å². The van der Waals surface area contributed by atoms with E-state index in [1.165, 1.54) is 17.8 Å². The van der Waals surface area contributed by atoms with E-state index in [1.54, 1.807) is 6.07 Å². The van der Waals surface area contributed by atoms with Crippen LogP contribution in [0.3, 0.4) is 0 Å². The van der Waals surface area contributed by atoms with Crippen LogP contribution < -0.4 is 10.2 Å². The average molecular weight is 361 g/mol. The molecule has 5 heteroatoms. The Morgan fingerprint density at radius 1 is 1.24 bits per heavy atom. The fourth-order valence-electron chi connectivity index (χ4n) is 3.28. The van der Waals surface area contributed by atoms with E-state index in [2.05, 4.69) is 22.3 Å². The second kappa shape index (κ2) is 8.34. The highest BCUT2D eigenvalue weighted by molar-refractivity contribution is 6.30. The van der Waals surface area contributed by atoms with Crippen LogP contribution in [0.15, 0.2) is 48.5 Å². The van der Waals surface area contributed by atoms with Crippen molar-refractivity contribution < 1.29 is 9.18 Å². The van der Waals surface area contributed by atoms with E-state index in [0.717, 1.165) is 24.9 Å². The monoisotopic (exact) mass is 360 g/mol. The number of aryl methyl sites for hydroxylation is 1. The van der Waals surface area contributed by atoms with Crippen LogP contribution in [0, 0.1) is 5.82 Å². The Labute approximate surface area is 152 Å². The Bertz CT molecular complexity index is 723. The van der Waals surface area contributed by atoms with Gasteiger partial charge in [0.25, 0.3) is 0 Å². The number of carbonyl (C=O) groups is 1. The van der Waals surface area contributed by atoms with Crippen molar-refractivity contribution in [1.29, 1.82) is 0 Å². The first-order valence-electron chi connectivity index (χ1n) is 8.66. The van der Waals surface area contributed by atoms with Gasteiger partial charge in [0.05, 0.1) is 5.02 Å². The van der Waals surface area contributed by atoms with E-state index in [4.69, 9.17) is 11.6 Å². The zero-order valence-corrected chi connectivity index (χ0v) is 14.8. The molecular formula is C20H22ClFN2O. The number of anilines is 1. The van der Waals surface area contributed by atoms with Gasteiger partial charge in [-0.2, -0.15) is 0 Å². The van der Waals surface area contributed by atoms with E-state index in [0.29, 0.717) is 25.4 Å². The average Bonchev–Trinajstić information content (AvgIpc) is 3.10. The van der Waals surface area contributed by atoms with Gasteiger partial charge in [0, 0.05) is 31.2 Å². The lowest BCUT2D eigenvalue weighted by Crippen LogP contribution is -2.40. The molecular weight excluding hydrogens is 339 g/mol. The maximum absolute atomic E-state index is 13.4. The fraction of sp³-hybridized carbons (Fsp3) is 0.350. The number of hydrogen-bond donors (Lipinski definition) is 1. The predicted octanol–water partition coefficient (Wildman–Crippen LogP) is 4.20. The summed E-state index contributed by atoms with van der Waals surface area (Å²) in [5.41, 5.74) is 1.99. The van der Waals surface area contributed by atoms with Gasteiger partial charge in [-0.3, -0.25) is 4.79 Å². The van der Waals surface area contributed by atoms with Crippen LogP contribution in [0.4, 0.5) is 10.1 Å². The Balaban J connectivity index is 1.47. The Hall–Kier alpha value is -2.07. The van der Waals surface area contributed by atoms with Crippen molar-refractivity contribution in [2.45, 2.75) is 31.7 Å². The van der Waals surface area contributed by atoms with E-state index in [9.17, 15) is 9.18 Å². The molecule has 2 aromatic carbocycles. The van der Waals surface area contributed by atoms with E-state index >= 15 is 0 Å². The van der Waals surface area contributed by atoms with Crippen LogP contribution in [0.2, 0.25) is 5.02 Å². The number of nitrogens with zero attached hydrogens (tertiary/aromatic N) is 1. The first kappa shape index (κ1) is 17.7. The Morgan fingerprint density at radius 3 is 2.80 bits per heavy atom. The molecule has 1 N–H and O–H groups in total. The molecule has 0 aliphatic carbocycles. The molecule has 1 fully saturated rings. The van der Waals surface area contributed by atoms with Gasteiger partial charge >= 0.3 is 0 Å². The van der Waals surface area contributed by atoms with Gasteiger partial charge < -0.3 is 10.2 Å². The molecule has 2 aromatic rings. The van der Waals surface area contributed by atoms with Crippen molar-refractivity contribution in [3.63, 3.8) is 0 Å². The van der Waals surface area contributed by atoms with Crippen molar-refractivity contribution in [1.82, 2.24) is 5.32 Å². The summed E-state index contributed by atoms with van der Waals surface area (Å²) in [5, 5.41) is 3.13. The van der Waals surface area contributed by atoms with Crippen LogP contribution in [0.25, 0.3) is 0 Å². The molecule has 0 aromatic heterocycles. The fourth-order valence-corrected chi connectivity index (χ4v) is 3.40. The van der Waals surface area contributed by atoms with E-state index in [1.807, 2.05) is 18.2 Å². The summed E-state index contributed by atoms with van der Waals surface area (Å²) in [5.74, 6) is -0.445. The molecule has 0 radical (unpaired) electrons. The number of rotatable bonds is 6. The Morgan fingerprint density at radius 2 is 2.04 bits per heavy atom. The summed E-state index contributed by atoms with van der Waals surface area (Å²) >= 11 is 5.67. The number of amides is 1. The number of benzene rings is 2. The largest absolute Gasteiger partial charge is 0.367 e. The molecule has 0 bridgehead atoms. The lowest BCUT2D eigenvalue weighted by Gasteiger charge is -2.27. The normalized spacial score (nSPS) is 16.9. The van der Waals surface area contributed by atoms with E-state index in [-0.39, 0.29) is 10.9 Å². The summed E-state index contributed by atoms with van der Waals surface area (Å²) in [6.45, 7) is 1.66. The molecule has 1 amide bonds. The lowest BCUT2D eigenvalue weighted by atomic mass is 10.1. The molecule has 0 spiro atoms. The highest BCUT2D eigenvalue weighted by Crippen LogP contribution is 2.24. The molecule has 1 heterocycles. The van der Waals surface area contributed by atoms with Crippen molar-refractivity contribution in [3.05, 3.63) is 64.9 Å². The van der Waals surface area contributed by atoms with Gasteiger partial charge in [-0.25, -0.2) is 4.39 Å². The maximum atomic E-state index is 13.4. The van der Waals surface area contributed by atoms with Crippen molar-refractivity contribution >= 4 is 23.2 Å². The zero-order valence-electron chi connectivity index (χ0n) is 14.1. The molecule has 132 valence electrons. The first-order chi connectivity index (χ1) is 12.1. The van der Waals surface area contributed by atoms with Crippen molar-refractivity contribution in [2.75, 3.05) is 18.0 Å². The molecule has 0 unspecified atom stereocenters. The van der Waals surface area contributed by atoms with Gasteiger partial charge in [-0.05, 0) is 49.1 Å². The topological polar surface area (TPSA) is 32.3 Å². The second-order valence-electron chi connectivity index (χ2n) is 6.38. The molecule has 25 heavy (non-hydrogen) atoms. The molecule has 1 aliphatic heterocycles. The third-order valence-corrected chi connectivity index (χ3v) is 4.93. The van der Waals surface area contributed by atoms with Gasteiger partial charge in [0.2, 0.25) is 5.91 Å². The third kappa shape index (κ3) is 4.73. The number of halogens is 2. The molecule has 3 nitrogen and oxygen atoms in total. The number of carbonyl (C=O) groups excluding carboxylic acids is 1. The quantitative estimate of drug-likeness (QED) is 0.837. The minimum atomic E-state index is -0.441. The number of hydrogen-bond acceptors (Lipinski definition) is 2. The number of para-hydroxylation sites is 1. The first-order valence-corrected chi connectivity index (χ1v) is 9.03. The van der Waals surface area contributed by atoms with Crippen LogP contribution in [0.5, 0.6) is 0 Å². The second-order valence-corrected chi connectivity index (χ2v) is 6.78. The van der Waals surface area contributed by atoms with Gasteiger partial charge in [0.1, 0.15) is 5.82 Å². The van der Waals surface area contributed by atoms with Crippen LogP contribution in [-0.2, 0) is 11.2 Å². The minimum Gasteiger partial charge on any atom is -0.367 e. The molecule has 3 rings (SSSR count). The highest BCUT2D eigenvalue weighted by Gasteiger charge is 2.24. The summed E-state index contributed by atoms with van der Waals surface area (Å²) in [6, 6.07) is 15.3. The van der Waals surface area contributed by atoms with Gasteiger partial charge in [-0.15, -0.1) is 0 Å². The smallest absolute Gasteiger partial charge is 0.220 e. The Kier molecular flexibility index (Phi) is 5.92. The van der Waals surface area contributed by atoms with E-state index < -0.39 is 5.82 Å². The molecule has 1 atom stereocenters. The molecule has 1 aliphatic rings. The van der Waals surface area contributed by atoms with Crippen LogP contribution in [-0.4, -0.2) is 25.0 Å². The van der Waals surface area contributed by atoms with Crippen molar-refractivity contribution in [3.8, 4) is 0 Å². The standard InChI is InChI=1S/C20H22ClFN2O/c21-18-10-8-15(13-19(18)22)9-11-20(25)23-14-17-7-4-12-24(17)16-5-2-1-3-6-16/h1-3,5-6,8,10,13,17H,4,7,9,11-12,14H2,(H,23,25)/t17-/m0/s1. The summed E-state index contributed by atoms with van der Waals surface area (Å²) in [6.07, 6.45) is 3.07. The van der Waals surface area contributed by atoms with Gasteiger partial charge in [0.15, 0.2) is 0 Å².